The molecule has 100 valence electrons. The lowest BCUT2D eigenvalue weighted by Gasteiger charge is -2.16. The molecule has 0 aliphatic carbocycles. The molecule has 1 unspecified atom stereocenters. The highest BCUT2D eigenvalue weighted by molar-refractivity contribution is 5.32. The van der Waals surface area contributed by atoms with Crippen LogP contribution in [0.25, 0.3) is 0 Å². The van der Waals surface area contributed by atoms with E-state index in [-0.39, 0.29) is 0 Å². The molecule has 0 bridgehead atoms. The summed E-state index contributed by atoms with van der Waals surface area (Å²) in [5.41, 5.74) is 5.36. The molecule has 0 saturated carbocycles. The van der Waals surface area contributed by atoms with Gasteiger partial charge in [0.05, 0.1) is 0 Å². The van der Waals surface area contributed by atoms with E-state index in [1.807, 2.05) is 12.1 Å². The van der Waals surface area contributed by atoms with Gasteiger partial charge in [0, 0.05) is 0 Å². The quantitative estimate of drug-likeness (QED) is 0.835. The van der Waals surface area contributed by atoms with Gasteiger partial charge in [-0.25, -0.2) is 0 Å². The third-order valence-corrected chi connectivity index (χ3v) is 3.62. The van der Waals surface area contributed by atoms with Crippen molar-refractivity contribution in [1.82, 2.24) is 0 Å². The van der Waals surface area contributed by atoms with E-state index in [0.29, 0.717) is 11.7 Å². The third-order valence-electron chi connectivity index (χ3n) is 3.62. The van der Waals surface area contributed by atoms with Crippen molar-refractivity contribution in [2.75, 3.05) is 0 Å². The number of phenols is 1. The summed E-state index contributed by atoms with van der Waals surface area (Å²) in [4.78, 5) is 0. The summed E-state index contributed by atoms with van der Waals surface area (Å²) in [6.45, 7) is 6.52. The Kier molecular flexibility index (Phi) is 4.26. The van der Waals surface area contributed by atoms with E-state index in [1.54, 1.807) is 12.1 Å². The fourth-order valence-corrected chi connectivity index (χ4v) is 2.72. The summed E-state index contributed by atoms with van der Waals surface area (Å²) in [6, 6.07) is 14.4. The van der Waals surface area contributed by atoms with Gasteiger partial charge in [0.25, 0.3) is 0 Å². The smallest absolute Gasteiger partial charge is 0.115 e. The van der Waals surface area contributed by atoms with Crippen molar-refractivity contribution >= 4 is 0 Å². The van der Waals surface area contributed by atoms with E-state index in [4.69, 9.17) is 0 Å². The van der Waals surface area contributed by atoms with Crippen LogP contribution in [0.4, 0.5) is 0 Å². The standard InChI is InChI=1S/C18H22O/c1-4-16(17-5-7-18(19)8-6-17)12-15-10-13(2)9-14(3)11-15/h5-11,16,19H,4,12H2,1-3H3. The van der Waals surface area contributed by atoms with Gasteiger partial charge in [-0.15, -0.1) is 0 Å². The van der Waals surface area contributed by atoms with Gasteiger partial charge in [0.2, 0.25) is 0 Å². The molecule has 0 fully saturated rings. The van der Waals surface area contributed by atoms with Crippen molar-refractivity contribution in [2.24, 2.45) is 0 Å². The minimum absolute atomic E-state index is 0.338. The van der Waals surface area contributed by atoms with E-state index < -0.39 is 0 Å². The van der Waals surface area contributed by atoms with E-state index >= 15 is 0 Å². The van der Waals surface area contributed by atoms with Crippen LogP contribution in [0.1, 0.15) is 41.5 Å². The highest BCUT2D eigenvalue weighted by atomic mass is 16.3. The van der Waals surface area contributed by atoms with Crippen LogP contribution in [0, 0.1) is 13.8 Å². The lowest BCUT2D eigenvalue weighted by atomic mass is 9.89. The summed E-state index contributed by atoms with van der Waals surface area (Å²) in [5, 5.41) is 9.37. The van der Waals surface area contributed by atoms with E-state index in [0.717, 1.165) is 12.8 Å². The zero-order chi connectivity index (χ0) is 13.8. The van der Waals surface area contributed by atoms with Gasteiger partial charge < -0.3 is 5.11 Å². The molecule has 0 radical (unpaired) electrons. The Morgan fingerprint density at radius 3 is 2.05 bits per heavy atom. The maximum atomic E-state index is 9.37. The molecular formula is C18H22O. The first-order chi connectivity index (χ1) is 9.08. The fourth-order valence-electron chi connectivity index (χ4n) is 2.72. The number of benzene rings is 2. The minimum atomic E-state index is 0.338. The highest BCUT2D eigenvalue weighted by Gasteiger charge is 2.10. The summed E-state index contributed by atoms with van der Waals surface area (Å²) >= 11 is 0. The molecule has 0 aromatic heterocycles. The Hall–Kier alpha value is -1.76. The van der Waals surface area contributed by atoms with Gasteiger partial charge in [-0.05, 0) is 55.9 Å². The van der Waals surface area contributed by atoms with Crippen LogP contribution in [0.5, 0.6) is 5.75 Å². The molecule has 0 amide bonds. The van der Waals surface area contributed by atoms with E-state index in [2.05, 4.69) is 39.0 Å². The van der Waals surface area contributed by atoms with E-state index in [1.165, 1.54) is 22.3 Å². The monoisotopic (exact) mass is 254 g/mol. The largest absolute Gasteiger partial charge is 0.508 e. The van der Waals surface area contributed by atoms with Crippen LogP contribution in [-0.2, 0) is 6.42 Å². The van der Waals surface area contributed by atoms with Gasteiger partial charge in [0.1, 0.15) is 5.75 Å². The number of hydrogen-bond acceptors (Lipinski definition) is 1. The highest BCUT2D eigenvalue weighted by Crippen LogP contribution is 2.26. The maximum Gasteiger partial charge on any atom is 0.115 e. The third kappa shape index (κ3) is 3.60. The average molecular weight is 254 g/mol. The summed E-state index contributed by atoms with van der Waals surface area (Å²) in [5.74, 6) is 0.854. The molecule has 0 heterocycles. The summed E-state index contributed by atoms with van der Waals surface area (Å²) in [6.07, 6.45) is 2.17. The first-order valence-electron chi connectivity index (χ1n) is 6.94. The van der Waals surface area contributed by atoms with Crippen molar-refractivity contribution in [3.05, 3.63) is 64.7 Å². The molecule has 1 atom stereocenters. The molecule has 1 heteroatoms. The zero-order valence-electron chi connectivity index (χ0n) is 12.0. The molecule has 2 rings (SSSR count). The topological polar surface area (TPSA) is 20.2 Å². The number of aryl methyl sites for hydroxylation is 2. The van der Waals surface area contributed by atoms with Crippen molar-refractivity contribution in [3.8, 4) is 5.75 Å². The maximum absolute atomic E-state index is 9.37. The number of aromatic hydroxyl groups is 1. The average Bonchev–Trinajstić information content (AvgIpc) is 2.36. The zero-order valence-corrected chi connectivity index (χ0v) is 12.0. The Morgan fingerprint density at radius 1 is 0.947 bits per heavy atom. The molecule has 1 N–H and O–H groups in total. The second-order valence-electron chi connectivity index (χ2n) is 5.40. The summed E-state index contributed by atoms with van der Waals surface area (Å²) in [7, 11) is 0. The van der Waals surface area contributed by atoms with Gasteiger partial charge in [0.15, 0.2) is 0 Å². The molecule has 0 spiro atoms. The van der Waals surface area contributed by atoms with Crippen molar-refractivity contribution in [1.29, 1.82) is 0 Å². The SMILES string of the molecule is CCC(Cc1cc(C)cc(C)c1)c1ccc(O)cc1. The van der Waals surface area contributed by atoms with Crippen molar-refractivity contribution < 1.29 is 5.11 Å². The van der Waals surface area contributed by atoms with E-state index in [9.17, 15) is 5.11 Å². The molecule has 0 aliphatic rings. The van der Waals surface area contributed by atoms with Gasteiger partial charge >= 0.3 is 0 Å². The molecule has 1 nitrogen and oxygen atoms in total. The normalized spacial score (nSPS) is 12.4. The van der Waals surface area contributed by atoms with Crippen LogP contribution in [-0.4, -0.2) is 5.11 Å². The lowest BCUT2D eigenvalue weighted by molar-refractivity contribution is 0.474. The minimum Gasteiger partial charge on any atom is -0.508 e. The van der Waals surface area contributed by atoms with Crippen molar-refractivity contribution in [3.63, 3.8) is 0 Å². The number of rotatable bonds is 4. The van der Waals surface area contributed by atoms with Gasteiger partial charge in [-0.3, -0.25) is 0 Å². The molecular weight excluding hydrogens is 232 g/mol. The molecule has 0 aliphatic heterocycles. The van der Waals surface area contributed by atoms with Gasteiger partial charge in [-0.1, -0.05) is 48.4 Å². The molecule has 2 aromatic rings. The van der Waals surface area contributed by atoms with Crippen LogP contribution >= 0.6 is 0 Å². The van der Waals surface area contributed by atoms with Gasteiger partial charge in [-0.2, -0.15) is 0 Å². The Morgan fingerprint density at radius 2 is 1.53 bits per heavy atom. The molecule has 19 heavy (non-hydrogen) atoms. The number of phenolic OH excluding ortho intramolecular Hbond substituents is 1. The Labute approximate surface area is 115 Å². The van der Waals surface area contributed by atoms with Crippen LogP contribution < -0.4 is 0 Å². The first kappa shape index (κ1) is 13.7. The van der Waals surface area contributed by atoms with Crippen molar-refractivity contribution in [2.45, 2.75) is 39.5 Å². The lowest BCUT2D eigenvalue weighted by Crippen LogP contribution is -2.02. The van der Waals surface area contributed by atoms with Crippen LogP contribution in [0.3, 0.4) is 0 Å². The fraction of sp³-hybridized carbons (Fsp3) is 0.333. The predicted molar refractivity (Wildman–Crippen MR) is 80.8 cm³/mol. The predicted octanol–water partition coefficient (Wildman–Crippen LogP) is 4.75. The molecule has 0 saturated heterocycles. The number of hydrogen-bond donors (Lipinski definition) is 1. The second-order valence-corrected chi connectivity index (χ2v) is 5.40. The Balaban J connectivity index is 2.21. The second kappa shape index (κ2) is 5.92. The molecule has 2 aromatic carbocycles. The van der Waals surface area contributed by atoms with Crippen LogP contribution in [0.2, 0.25) is 0 Å². The summed E-state index contributed by atoms with van der Waals surface area (Å²) < 4.78 is 0. The Bertz CT molecular complexity index is 520. The first-order valence-corrected chi connectivity index (χ1v) is 6.94. The van der Waals surface area contributed by atoms with Crippen LogP contribution in [0.15, 0.2) is 42.5 Å².